The van der Waals surface area contributed by atoms with Crippen LogP contribution in [0.1, 0.15) is 10.4 Å². The van der Waals surface area contributed by atoms with Crippen molar-refractivity contribution in [2.75, 3.05) is 26.0 Å². The molecule has 3 aromatic carbocycles. The molecule has 0 radical (unpaired) electrons. The van der Waals surface area contributed by atoms with Crippen LogP contribution in [0.3, 0.4) is 0 Å². The molecule has 0 aliphatic heterocycles. The molecule has 6 nitrogen and oxygen atoms in total. The normalized spacial score (nSPS) is 11.0. The molecular formula is C24H24N4O2. The number of ether oxygens (including phenoxy) is 1. The van der Waals surface area contributed by atoms with E-state index in [0.29, 0.717) is 11.3 Å². The number of para-hydroxylation sites is 1. The molecule has 0 saturated carbocycles. The van der Waals surface area contributed by atoms with Crippen molar-refractivity contribution in [1.82, 2.24) is 14.7 Å². The highest BCUT2D eigenvalue weighted by Gasteiger charge is 2.09. The highest BCUT2D eigenvalue weighted by Crippen LogP contribution is 2.23. The number of benzene rings is 3. The van der Waals surface area contributed by atoms with Crippen molar-refractivity contribution < 1.29 is 9.53 Å². The Hall–Kier alpha value is -3.64. The van der Waals surface area contributed by atoms with Gasteiger partial charge in [-0.3, -0.25) is 9.48 Å². The number of nitrogens with one attached hydrogen (secondary N) is 1. The number of anilines is 1. The van der Waals surface area contributed by atoms with Gasteiger partial charge in [-0.1, -0.05) is 24.3 Å². The lowest BCUT2D eigenvalue weighted by Gasteiger charge is -2.08. The maximum absolute atomic E-state index is 12.7. The van der Waals surface area contributed by atoms with Crippen LogP contribution in [0, 0.1) is 0 Å². The summed E-state index contributed by atoms with van der Waals surface area (Å²) in [5.74, 6) is 1.16. The summed E-state index contributed by atoms with van der Waals surface area (Å²) in [5, 5.41) is 8.53. The van der Waals surface area contributed by atoms with E-state index in [4.69, 9.17) is 4.74 Å². The number of carbonyl (C=O) groups is 1. The van der Waals surface area contributed by atoms with Gasteiger partial charge in [0.25, 0.3) is 5.91 Å². The number of hydrogen-bond acceptors (Lipinski definition) is 4. The maximum atomic E-state index is 12.7. The third kappa shape index (κ3) is 4.85. The zero-order valence-electron chi connectivity index (χ0n) is 17.1. The van der Waals surface area contributed by atoms with Crippen molar-refractivity contribution >= 4 is 22.5 Å². The third-order valence-corrected chi connectivity index (χ3v) is 4.66. The van der Waals surface area contributed by atoms with Gasteiger partial charge in [0.2, 0.25) is 0 Å². The number of rotatable bonds is 7. The second-order valence-electron chi connectivity index (χ2n) is 7.37. The van der Waals surface area contributed by atoms with E-state index < -0.39 is 0 Å². The molecular weight excluding hydrogens is 376 g/mol. The predicted molar refractivity (Wildman–Crippen MR) is 119 cm³/mol. The van der Waals surface area contributed by atoms with Crippen LogP contribution >= 0.6 is 0 Å². The molecule has 0 fully saturated rings. The van der Waals surface area contributed by atoms with Crippen molar-refractivity contribution in [2.45, 2.75) is 6.54 Å². The second kappa shape index (κ2) is 8.80. The predicted octanol–water partition coefficient (Wildman–Crippen LogP) is 4.64. The van der Waals surface area contributed by atoms with Crippen molar-refractivity contribution in [2.24, 2.45) is 0 Å². The fourth-order valence-corrected chi connectivity index (χ4v) is 3.10. The van der Waals surface area contributed by atoms with Gasteiger partial charge < -0.3 is 15.0 Å². The van der Waals surface area contributed by atoms with E-state index in [1.807, 2.05) is 85.6 Å². The zero-order valence-corrected chi connectivity index (χ0v) is 17.1. The Labute approximate surface area is 175 Å². The Bertz CT molecular complexity index is 1150. The molecule has 1 amide bonds. The topological polar surface area (TPSA) is 59.4 Å². The fourth-order valence-electron chi connectivity index (χ4n) is 3.10. The van der Waals surface area contributed by atoms with Crippen LogP contribution in [0.2, 0.25) is 0 Å². The van der Waals surface area contributed by atoms with Crippen LogP contribution in [-0.4, -0.2) is 41.2 Å². The molecule has 1 aromatic heterocycles. The molecule has 6 heteroatoms. The first kappa shape index (κ1) is 19.7. The average molecular weight is 400 g/mol. The van der Waals surface area contributed by atoms with Crippen LogP contribution < -0.4 is 10.1 Å². The number of carbonyl (C=O) groups excluding carboxylic acids is 1. The van der Waals surface area contributed by atoms with Gasteiger partial charge in [0.15, 0.2) is 0 Å². The summed E-state index contributed by atoms with van der Waals surface area (Å²) in [5.41, 5.74) is 2.17. The van der Waals surface area contributed by atoms with Gasteiger partial charge in [0.1, 0.15) is 11.5 Å². The lowest BCUT2D eigenvalue weighted by molar-refractivity contribution is 0.102. The first-order chi connectivity index (χ1) is 14.6. The first-order valence-electron chi connectivity index (χ1n) is 9.83. The lowest BCUT2D eigenvalue weighted by Crippen LogP contribution is -2.18. The van der Waals surface area contributed by atoms with Crippen LogP contribution in [0.25, 0.3) is 10.9 Å². The minimum atomic E-state index is -0.187. The van der Waals surface area contributed by atoms with Gasteiger partial charge in [-0.25, -0.2) is 0 Å². The number of likely N-dealkylation sites (N-methyl/N-ethyl adjacent to an activating group) is 1. The molecule has 1 heterocycles. The highest BCUT2D eigenvalue weighted by molar-refractivity contribution is 6.05. The third-order valence-electron chi connectivity index (χ3n) is 4.66. The van der Waals surface area contributed by atoms with Crippen molar-refractivity contribution in [3.05, 3.63) is 84.6 Å². The van der Waals surface area contributed by atoms with Gasteiger partial charge >= 0.3 is 0 Å². The first-order valence-corrected chi connectivity index (χ1v) is 9.83. The second-order valence-corrected chi connectivity index (χ2v) is 7.37. The Kier molecular flexibility index (Phi) is 5.77. The van der Waals surface area contributed by atoms with E-state index in [2.05, 4.69) is 15.3 Å². The van der Waals surface area contributed by atoms with Crippen LogP contribution in [0.4, 0.5) is 5.69 Å². The van der Waals surface area contributed by atoms with E-state index in [0.717, 1.165) is 35.4 Å². The number of aromatic nitrogens is 2. The highest BCUT2D eigenvalue weighted by atomic mass is 16.5. The van der Waals surface area contributed by atoms with E-state index in [-0.39, 0.29) is 5.91 Å². The maximum Gasteiger partial charge on any atom is 0.255 e. The molecule has 0 unspecified atom stereocenters. The fraction of sp³-hybridized carbons (Fsp3) is 0.167. The summed E-state index contributed by atoms with van der Waals surface area (Å²) in [6.07, 6.45) is 2.00. The number of nitrogens with zero attached hydrogens (tertiary/aromatic N) is 3. The van der Waals surface area contributed by atoms with E-state index in [9.17, 15) is 4.79 Å². The average Bonchev–Trinajstić information content (AvgIpc) is 3.15. The summed E-state index contributed by atoms with van der Waals surface area (Å²) in [6, 6.07) is 22.4. The quantitative estimate of drug-likeness (QED) is 0.491. The Morgan fingerprint density at radius 3 is 2.60 bits per heavy atom. The molecule has 1 N–H and O–H groups in total. The van der Waals surface area contributed by atoms with E-state index in [1.54, 1.807) is 12.1 Å². The minimum absolute atomic E-state index is 0.187. The summed E-state index contributed by atoms with van der Waals surface area (Å²) in [7, 11) is 4.08. The Morgan fingerprint density at radius 2 is 1.80 bits per heavy atom. The molecule has 4 aromatic rings. The largest absolute Gasteiger partial charge is 0.457 e. The van der Waals surface area contributed by atoms with Crippen molar-refractivity contribution in [3.63, 3.8) is 0 Å². The number of hydrogen-bond donors (Lipinski definition) is 1. The molecule has 0 saturated heterocycles. The Morgan fingerprint density at radius 1 is 1.00 bits per heavy atom. The van der Waals surface area contributed by atoms with Crippen LogP contribution in [0.15, 0.2) is 79.0 Å². The van der Waals surface area contributed by atoms with Crippen LogP contribution in [0.5, 0.6) is 11.5 Å². The van der Waals surface area contributed by atoms with Crippen LogP contribution in [-0.2, 0) is 6.54 Å². The molecule has 0 atom stereocenters. The van der Waals surface area contributed by atoms with Gasteiger partial charge in [-0.2, -0.15) is 5.10 Å². The summed E-state index contributed by atoms with van der Waals surface area (Å²) in [6.45, 7) is 1.73. The van der Waals surface area contributed by atoms with Gasteiger partial charge in [-0.05, 0) is 62.6 Å². The van der Waals surface area contributed by atoms with Crippen molar-refractivity contribution in [1.29, 1.82) is 0 Å². The zero-order chi connectivity index (χ0) is 20.9. The summed E-state index contributed by atoms with van der Waals surface area (Å²) >= 11 is 0. The van der Waals surface area contributed by atoms with Gasteiger partial charge in [0.05, 0.1) is 12.1 Å². The monoisotopic (exact) mass is 400 g/mol. The van der Waals surface area contributed by atoms with Gasteiger partial charge in [-0.15, -0.1) is 0 Å². The molecule has 0 bridgehead atoms. The summed E-state index contributed by atoms with van der Waals surface area (Å²) in [4.78, 5) is 14.9. The molecule has 0 aliphatic carbocycles. The standard InChI is InChI=1S/C24H24N4O2/c1-27(2)13-14-28-17-19-15-20(11-12-23(19)26-28)25-24(29)18-7-6-10-22(16-18)30-21-8-4-3-5-9-21/h3-12,15-17H,13-14H2,1-2H3,(H,25,29). The summed E-state index contributed by atoms with van der Waals surface area (Å²) < 4.78 is 7.76. The molecule has 0 spiro atoms. The SMILES string of the molecule is CN(C)CCn1cc2cc(NC(=O)c3cccc(Oc4ccccc4)c3)ccc2n1. The van der Waals surface area contributed by atoms with Gasteiger partial charge in [0, 0.05) is 29.4 Å². The lowest BCUT2D eigenvalue weighted by atomic mass is 10.2. The number of amides is 1. The van der Waals surface area contributed by atoms with Crippen molar-refractivity contribution in [3.8, 4) is 11.5 Å². The molecule has 30 heavy (non-hydrogen) atoms. The molecule has 0 aliphatic rings. The number of fused-ring (bicyclic) bond motifs is 1. The van der Waals surface area contributed by atoms with E-state index >= 15 is 0 Å². The smallest absolute Gasteiger partial charge is 0.255 e. The Balaban J connectivity index is 1.46. The molecule has 4 rings (SSSR count). The van der Waals surface area contributed by atoms with E-state index in [1.165, 1.54) is 0 Å². The molecule has 152 valence electrons. The minimum Gasteiger partial charge on any atom is -0.457 e.